The zero-order chi connectivity index (χ0) is 11.5. The Morgan fingerprint density at radius 3 is 3.00 bits per heavy atom. The Morgan fingerprint density at radius 2 is 2.24 bits per heavy atom. The number of rotatable bonds is 2. The second-order valence-corrected chi connectivity index (χ2v) is 4.53. The van der Waals surface area contributed by atoms with Crippen LogP contribution in [0.15, 0.2) is 12.3 Å². The number of nitrogens with one attached hydrogen (secondary N) is 1. The fourth-order valence-electron chi connectivity index (χ4n) is 2.41. The largest absolute Gasteiger partial charge is 0.378 e. The van der Waals surface area contributed by atoms with Gasteiger partial charge in [0.05, 0.1) is 18.9 Å². The van der Waals surface area contributed by atoms with Gasteiger partial charge in [-0.05, 0) is 25.5 Å². The van der Waals surface area contributed by atoms with Gasteiger partial charge in [0.2, 0.25) is 5.95 Å². The molecule has 1 atom stereocenters. The molecule has 0 radical (unpaired) electrons. The van der Waals surface area contributed by atoms with Crippen LogP contribution in [0, 0.1) is 0 Å². The number of morpholine rings is 1. The summed E-state index contributed by atoms with van der Waals surface area (Å²) in [6.45, 7) is 4.43. The summed E-state index contributed by atoms with van der Waals surface area (Å²) in [4.78, 5) is 11.2. The van der Waals surface area contributed by atoms with E-state index >= 15 is 0 Å². The molecule has 5 nitrogen and oxygen atoms in total. The van der Waals surface area contributed by atoms with Crippen LogP contribution in [-0.4, -0.2) is 42.8 Å². The van der Waals surface area contributed by atoms with Crippen molar-refractivity contribution >= 4 is 5.95 Å². The van der Waals surface area contributed by atoms with Gasteiger partial charge in [0.25, 0.3) is 0 Å². The molecule has 5 heteroatoms. The first-order valence-electron chi connectivity index (χ1n) is 6.32. The van der Waals surface area contributed by atoms with Crippen LogP contribution in [0.25, 0.3) is 0 Å². The number of ether oxygens (including phenoxy) is 1. The highest BCUT2D eigenvalue weighted by molar-refractivity contribution is 5.31. The molecule has 1 aromatic heterocycles. The molecule has 2 saturated heterocycles. The van der Waals surface area contributed by atoms with E-state index in [1.165, 1.54) is 12.8 Å². The van der Waals surface area contributed by atoms with Crippen molar-refractivity contribution in [2.75, 3.05) is 37.7 Å². The van der Waals surface area contributed by atoms with Crippen LogP contribution in [0.5, 0.6) is 0 Å². The highest BCUT2D eigenvalue weighted by atomic mass is 16.5. The Morgan fingerprint density at radius 1 is 1.35 bits per heavy atom. The van der Waals surface area contributed by atoms with E-state index in [9.17, 15) is 0 Å². The van der Waals surface area contributed by atoms with Crippen molar-refractivity contribution in [1.82, 2.24) is 15.3 Å². The Kier molecular flexibility index (Phi) is 3.20. The van der Waals surface area contributed by atoms with Crippen LogP contribution in [0.1, 0.15) is 24.6 Å². The third-order valence-corrected chi connectivity index (χ3v) is 3.38. The standard InChI is InChI=1S/C12H18N4O/c1-2-10(13-4-1)11-3-5-14-12(15-11)16-6-8-17-9-7-16/h3,5,10,13H,1-2,4,6-9H2/t10-/m1/s1. The van der Waals surface area contributed by atoms with Gasteiger partial charge < -0.3 is 15.0 Å². The normalized spacial score (nSPS) is 25.2. The van der Waals surface area contributed by atoms with Crippen molar-refractivity contribution in [3.63, 3.8) is 0 Å². The van der Waals surface area contributed by atoms with Crippen molar-refractivity contribution in [3.8, 4) is 0 Å². The molecule has 0 unspecified atom stereocenters. The zero-order valence-corrected chi connectivity index (χ0v) is 9.93. The van der Waals surface area contributed by atoms with Gasteiger partial charge in [0.15, 0.2) is 0 Å². The minimum absolute atomic E-state index is 0.415. The van der Waals surface area contributed by atoms with E-state index in [1.54, 1.807) is 0 Å². The Balaban J connectivity index is 1.77. The maximum atomic E-state index is 5.34. The molecule has 0 amide bonds. The first kappa shape index (κ1) is 10.9. The van der Waals surface area contributed by atoms with Gasteiger partial charge in [-0.25, -0.2) is 9.97 Å². The first-order chi connectivity index (χ1) is 8.43. The summed E-state index contributed by atoms with van der Waals surface area (Å²) in [6.07, 6.45) is 4.29. The van der Waals surface area contributed by atoms with Gasteiger partial charge in [-0.1, -0.05) is 0 Å². The molecule has 0 spiro atoms. The van der Waals surface area contributed by atoms with Crippen LogP contribution in [-0.2, 0) is 4.74 Å². The van der Waals surface area contributed by atoms with Crippen molar-refractivity contribution in [2.45, 2.75) is 18.9 Å². The molecular weight excluding hydrogens is 216 g/mol. The molecule has 2 fully saturated rings. The van der Waals surface area contributed by atoms with Crippen LogP contribution in [0.2, 0.25) is 0 Å². The van der Waals surface area contributed by atoms with Gasteiger partial charge in [-0.2, -0.15) is 0 Å². The second kappa shape index (κ2) is 4.98. The molecule has 0 aromatic carbocycles. The summed E-state index contributed by atoms with van der Waals surface area (Å²) < 4.78 is 5.34. The topological polar surface area (TPSA) is 50.3 Å². The minimum atomic E-state index is 0.415. The molecule has 1 aromatic rings. The second-order valence-electron chi connectivity index (χ2n) is 4.53. The van der Waals surface area contributed by atoms with Crippen molar-refractivity contribution in [2.24, 2.45) is 0 Å². The zero-order valence-electron chi connectivity index (χ0n) is 9.93. The summed E-state index contributed by atoms with van der Waals surface area (Å²) in [7, 11) is 0. The summed E-state index contributed by atoms with van der Waals surface area (Å²) in [6, 6.07) is 2.44. The Labute approximate surface area is 101 Å². The summed E-state index contributed by atoms with van der Waals surface area (Å²) in [5.74, 6) is 0.847. The molecule has 0 aliphatic carbocycles. The summed E-state index contributed by atoms with van der Waals surface area (Å²) >= 11 is 0. The lowest BCUT2D eigenvalue weighted by Crippen LogP contribution is -2.37. The molecule has 3 rings (SSSR count). The highest BCUT2D eigenvalue weighted by Gasteiger charge is 2.20. The molecule has 1 N–H and O–H groups in total. The predicted molar refractivity (Wildman–Crippen MR) is 65.0 cm³/mol. The van der Waals surface area contributed by atoms with E-state index in [1.807, 2.05) is 12.3 Å². The molecule has 3 heterocycles. The van der Waals surface area contributed by atoms with E-state index in [-0.39, 0.29) is 0 Å². The molecular formula is C12H18N4O. The van der Waals surface area contributed by atoms with Crippen molar-refractivity contribution < 1.29 is 4.74 Å². The van der Waals surface area contributed by atoms with Gasteiger partial charge in [0.1, 0.15) is 0 Å². The molecule has 0 bridgehead atoms. The van der Waals surface area contributed by atoms with Crippen LogP contribution in [0.3, 0.4) is 0 Å². The van der Waals surface area contributed by atoms with E-state index < -0.39 is 0 Å². The number of anilines is 1. The van der Waals surface area contributed by atoms with Crippen molar-refractivity contribution in [3.05, 3.63) is 18.0 Å². The van der Waals surface area contributed by atoms with E-state index in [2.05, 4.69) is 20.2 Å². The highest BCUT2D eigenvalue weighted by Crippen LogP contribution is 2.22. The van der Waals surface area contributed by atoms with E-state index in [0.29, 0.717) is 6.04 Å². The summed E-state index contributed by atoms with van der Waals surface area (Å²) in [5.41, 5.74) is 1.12. The average molecular weight is 234 g/mol. The summed E-state index contributed by atoms with van der Waals surface area (Å²) in [5, 5.41) is 3.47. The lowest BCUT2D eigenvalue weighted by Gasteiger charge is -2.27. The average Bonchev–Trinajstić information content (AvgIpc) is 2.94. The van der Waals surface area contributed by atoms with Crippen LogP contribution >= 0.6 is 0 Å². The third-order valence-electron chi connectivity index (χ3n) is 3.38. The minimum Gasteiger partial charge on any atom is -0.378 e. The molecule has 92 valence electrons. The van der Waals surface area contributed by atoms with Crippen molar-refractivity contribution in [1.29, 1.82) is 0 Å². The van der Waals surface area contributed by atoms with Gasteiger partial charge in [0, 0.05) is 25.3 Å². The molecule has 2 aliphatic heterocycles. The quantitative estimate of drug-likeness (QED) is 0.818. The maximum absolute atomic E-state index is 5.34. The number of nitrogens with zero attached hydrogens (tertiary/aromatic N) is 3. The third kappa shape index (κ3) is 2.40. The van der Waals surface area contributed by atoms with Crippen LogP contribution < -0.4 is 10.2 Å². The molecule has 2 aliphatic rings. The lowest BCUT2D eigenvalue weighted by atomic mass is 10.1. The SMILES string of the molecule is c1cc([C@H]2CCCN2)nc(N2CCOCC2)n1. The molecule has 17 heavy (non-hydrogen) atoms. The fraction of sp³-hybridized carbons (Fsp3) is 0.667. The smallest absolute Gasteiger partial charge is 0.225 e. The van der Waals surface area contributed by atoms with Gasteiger partial charge in [-0.3, -0.25) is 0 Å². The van der Waals surface area contributed by atoms with Gasteiger partial charge >= 0.3 is 0 Å². The van der Waals surface area contributed by atoms with E-state index in [4.69, 9.17) is 4.74 Å². The van der Waals surface area contributed by atoms with Crippen LogP contribution in [0.4, 0.5) is 5.95 Å². The number of hydrogen-bond acceptors (Lipinski definition) is 5. The Hall–Kier alpha value is -1.20. The monoisotopic (exact) mass is 234 g/mol. The molecule has 0 saturated carbocycles. The van der Waals surface area contributed by atoms with E-state index in [0.717, 1.165) is 44.5 Å². The number of aromatic nitrogens is 2. The fourth-order valence-corrected chi connectivity index (χ4v) is 2.41. The Bertz CT molecular complexity index is 373. The first-order valence-corrected chi connectivity index (χ1v) is 6.32. The lowest BCUT2D eigenvalue weighted by molar-refractivity contribution is 0.122. The van der Waals surface area contributed by atoms with Gasteiger partial charge in [-0.15, -0.1) is 0 Å². The number of hydrogen-bond donors (Lipinski definition) is 1. The maximum Gasteiger partial charge on any atom is 0.225 e. The predicted octanol–water partition coefficient (Wildman–Crippen LogP) is 0.738.